The number of anilines is 1. The van der Waals surface area contributed by atoms with Crippen LogP contribution in [0.5, 0.6) is 11.5 Å². The van der Waals surface area contributed by atoms with Gasteiger partial charge in [0.05, 0.1) is 12.5 Å². The van der Waals surface area contributed by atoms with Gasteiger partial charge in [0.1, 0.15) is 5.76 Å². The predicted octanol–water partition coefficient (Wildman–Crippen LogP) is 4.11. The first-order valence-electron chi connectivity index (χ1n) is 12.2. The number of rotatable bonds is 4. The summed E-state index contributed by atoms with van der Waals surface area (Å²) in [4.78, 5) is 36.6. The summed E-state index contributed by atoms with van der Waals surface area (Å²) in [5.41, 5.74) is 4.29. The lowest BCUT2D eigenvalue weighted by atomic mass is 10.0. The Labute approximate surface area is 218 Å². The summed E-state index contributed by atoms with van der Waals surface area (Å²) in [6, 6.07) is 11.6. The van der Waals surface area contributed by atoms with Crippen LogP contribution in [0.3, 0.4) is 0 Å². The number of nitrogens with zero attached hydrogens (tertiary/aromatic N) is 3. The number of thioether (sulfide) groups is 1. The number of oxazole rings is 1. The van der Waals surface area contributed by atoms with Gasteiger partial charge in [-0.05, 0) is 48.2 Å². The Kier molecular flexibility index (Phi) is 5.91. The monoisotopic (exact) mass is 518 g/mol. The van der Waals surface area contributed by atoms with Gasteiger partial charge in [-0.1, -0.05) is 36.9 Å². The highest BCUT2D eigenvalue weighted by atomic mass is 32.2. The fraction of sp³-hybridized carbons (Fsp3) is 0.333. The van der Waals surface area contributed by atoms with E-state index >= 15 is 0 Å². The van der Waals surface area contributed by atoms with Crippen molar-refractivity contribution in [2.45, 2.75) is 44.9 Å². The highest BCUT2D eigenvalue weighted by Crippen LogP contribution is 2.40. The van der Waals surface area contributed by atoms with Crippen molar-refractivity contribution in [1.29, 1.82) is 0 Å². The summed E-state index contributed by atoms with van der Waals surface area (Å²) in [6.45, 7) is 6.41. The molecule has 2 aromatic carbocycles. The Hall–Kier alpha value is -3.79. The van der Waals surface area contributed by atoms with Crippen LogP contribution in [-0.2, 0) is 17.6 Å². The van der Waals surface area contributed by atoms with Gasteiger partial charge in [-0.15, -0.1) is 0 Å². The van der Waals surface area contributed by atoms with E-state index in [9.17, 15) is 9.59 Å². The maximum atomic E-state index is 13.1. The van der Waals surface area contributed by atoms with E-state index in [-0.39, 0.29) is 36.3 Å². The number of aromatic nitrogens is 1. The third-order valence-electron chi connectivity index (χ3n) is 6.74. The molecule has 2 atom stereocenters. The molecule has 0 saturated heterocycles. The molecule has 1 aromatic heterocycles. The second-order valence-corrected chi connectivity index (χ2v) is 10.7. The van der Waals surface area contributed by atoms with E-state index in [2.05, 4.69) is 23.3 Å². The van der Waals surface area contributed by atoms with Crippen molar-refractivity contribution in [2.75, 3.05) is 18.2 Å². The lowest BCUT2D eigenvalue weighted by molar-refractivity contribution is -0.119. The van der Waals surface area contributed by atoms with Crippen molar-refractivity contribution in [1.82, 2.24) is 10.3 Å². The Morgan fingerprint density at radius 1 is 1.14 bits per heavy atom. The number of hydrogen-bond donors (Lipinski definition) is 1. The van der Waals surface area contributed by atoms with Gasteiger partial charge in [0.15, 0.2) is 28.3 Å². The van der Waals surface area contributed by atoms with Crippen LogP contribution in [0.15, 0.2) is 45.8 Å². The molecule has 2 unspecified atom stereocenters. The Morgan fingerprint density at radius 3 is 2.78 bits per heavy atom. The molecule has 6 rings (SSSR count). The molecular weight excluding hydrogens is 492 g/mol. The zero-order valence-corrected chi connectivity index (χ0v) is 21.6. The van der Waals surface area contributed by atoms with E-state index in [0.717, 1.165) is 28.8 Å². The van der Waals surface area contributed by atoms with Crippen LogP contribution >= 0.6 is 11.8 Å². The van der Waals surface area contributed by atoms with Gasteiger partial charge in [0, 0.05) is 24.4 Å². The lowest BCUT2D eigenvalue weighted by Gasteiger charge is -2.18. The third-order valence-corrected chi connectivity index (χ3v) is 7.80. The van der Waals surface area contributed by atoms with Crippen LogP contribution in [0.1, 0.15) is 51.8 Å². The quantitative estimate of drug-likeness (QED) is 0.554. The van der Waals surface area contributed by atoms with E-state index in [1.165, 1.54) is 0 Å². The number of aryl methyl sites for hydroxylation is 2. The number of amidine groups is 1. The zero-order valence-electron chi connectivity index (χ0n) is 20.7. The van der Waals surface area contributed by atoms with Crippen LogP contribution in [0.4, 0.5) is 5.69 Å². The summed E-state index contributed by atoms with van der Waals surface area (Å²) in [7, 11) is 0. The molecule has 4 heterocycles. The second-order valence-electron chi connectivity index (χ2n) is 9.35. The van der Waals surface area contributed by atoms with Crippen molar-refractivity contribution < 1.29 is 23.5 Å². The van der Waals surface area contributed by atoms with E-state index in [0.29, 0.717) is 40.6 Å². The minimum atomic E-state index is -0.142. The first kappa shape index (κ1) is 23.6. The van der Waals surface area contributed by atoms with Gasteiger partial charge in [-0.25, -0.2) is 4.98 Å². The van der Waals surface area contributed by atoms with Crippen LogP contribution in [0.25, 0.3) is 0 Å². The number of nitrogens with one attached hydrogen (secondary N) is 1. The predicted molar refractivity (Wildman–Crippen MR) is 139 cm³/mol. The van der Waals surface area contributed by atoms with Crippen LogP contribution in [0, 0.1) is 13.8 Å². The topological polar surface area (TPSA) is 106 Å². The number of carbonyl (C=O) groups is 2. The number of carbonyl (C=O) groups excluding carboxylic acids is 2. The van der Waals surface area contributed by atoms with Crippen LogP contribution < -0.4 is 19.7 Å². The summed E-state index contributed by atoms with van der Waals surface area (Å²) in [6.07, 6.45) is 0.990. The Balaban J connectivity index is 1.14. The van der Waals surface area contributed by atoms with Gasteiger partial charge < -0.3 is 24.1 Å². The maximum absolute atomic E-state index is 13.1. The highest BCUT2D eigenvalue weighted by molar-refractivity contribution is 8.14. The van der Waals surface area contributed by atoms with Crippen molar-refractivity contribution in [3.8, 4) is 11.5 Å². The molecule has 0 spiro atoms. The molecular formula is C27H26N4O5S. The minimum absolute atomic E-state index is 0.0821. The molecule has 0 fully saturated rings. The van der Waals surface area contributed by atoms with Crippen LogP contribution in [-0.4, -0.2) is 40.6 Å². The molecule has 0 radical (unpaired) electrons. The standard InChI is InChI=1S/C27H26N4O5S/c1-14-24(28-16(3)36-14)26(33)31-9-8-18-12-19(5-6-20(18)31)25-15(2)37-27(30-25)29-23(32)11-17-4-7-21-22(10-17)35-13-34-21/h4-7,10,12,15,25H,8-9,11,13H2,1-3H3,(H,29,30,32). The molecule has 1 N–H and O–H groups in total. The lowest BCUT2D eigenvalue weighted by Crippen LogP contribution is -2.29. The molecule has 3 aromatic rings. The van der Waals surface area contributed by atoms with Gasteiger partial charge >= 0.3 is 0 Å². The average Bonchev–Trinajstić information content (AvgIpc) is 3.64. The summed E-state index contributed by atoms with van der Waals surface area (Å²) < 4.78 is 16.2. The number of fused-ring (bicyclic) bond motifs is 2. The molecule has 190 valence electrons. The minimum Gasteiger partial charge on any atom is -0.454 e. The van der Waals surface area contributed by atoms with Crippen molar-refractivity contribution in [3.05, 3.63) is 70.4 Å². The van der Waals surface area contributed by atoms with Gasteiger partial charge in [0.25, 0.3) is 5.91 Å². The van der Waals surface area contributed by atoms with Crippen LogP contribution in [0.2, 0.25) is 0 Å². The fourth-order valence-corrected chi connectivity index (χ4v) is 6.03. The summed E-state index contributed by atoms with van der Waals surface area (Å²) >= 11 is 1.56. The van der Waals surface area contributed by atoms with Gasteiger partial charge in [-0.2, -0.15) is 0 Å². The van der Waals surface area contributed by atoms with E-state index in [1.807, 2.05) is 30.3 Å². The van der Waals surface area contributed by atoms with Crippen molar-refractivity contribution in [2.24, 2.45) is 4.99 Å². The average molecular weight is 519 g/mol. The number of hydrogen-bond acceptors (Lipinski definition) is 8. The highest BCUT2D eigenvalue weighted by Gasteiger charge is 2.32. The van der Waals surface area contributed by atoms with E-state index < -0.39 is 0 Å². The zero-order chi connectivity index (χ0) is 25.7. The first-order valence-corrected chi connectivity index (χ1v) is 13.1. The molecule has 3 aliphatic heterocycles. The SMILES string of the molecule is Cc1nc(C(=O)N2CCc3cc(C4N=C(NC(=O)Cc5ccc6c(c5)OCO6)SC4C)ccc32)c(C)o1. The molecule has 10 heteroatoms. The molecule has 3 aliphatic rings. The second kappa shape index (κ2) is 9.26. The molecule has 0 bridgehead atoms. The van der Waals surface area contributed by atoms with E-state index in [1.54, 1.807) is 30.5 Å². The Bertz CT molecular complexity index is 1450. The smallest absolute Gasteiger partial charge is 0.280 e. The summed E-state index contributed by atoms with van der Waals surface area (Å²) in [5.74, 6) is 2.11. The largest absolute Gasteiger partial charge is 0.454 e. The van der Waals surface area contributed by atoms with E-state index in [4.69, 9.17) is 18.9 Å². The summed E-state index contributed by atoms with van der Waals surface area (Å²) in [5, 5.41) is 3.75. The number of benzene rings is 2. The number of ether oxygens (including phenoxy) is 2. The fourth-order valence-electron chi connectivity index (χ4n) is 4.98. The first-order chi connectivity index (χ1) is 17.9. The molecule has 37 heavy (non-hydrogen) atoms. The molecule has 0 saturated carbocycles. The maximum Gasteiger partial charge on any atom is 0.280 e. The number of aliphatic imine (C=N–C) groups is 1. The normalized spacial score (nSPS) is 19.6. The van der Waals surface area contributed by atoms with Crippen molar-refractivity contribution in [3.63, 3.8) is 0 Å². The molecule has 9 nitrogen and oxygen atoms in total. The van der Waals surface area contributed by atoms with Gasteiger partial charge in [-0.3, -0.25) is 14.6 Å². The van der Waals surface area contributed by atoms with Gasteiger partial charge in [0.2, 0.25) is 12.7 Å². The molecule has 0 aliphatic carbocycles. The molecule has 2 amide bonds. The number of amides is 2. The Morgan fingerprint density at radius 2 is 1.97 bits per heavy atom. The van der Waals surface area contributed by atoms with Crippen molar-refractivity contribution >= 4 is 34.4 Å². The third kappa shape index (κ3) is 4.46.